The smallest absolute Gasteiger partial charge is 0.328 e. The van der Waals surface area contributed by atoms with Crippen LogP contribution in [-0.4, -0.2) is 76.7 Å². The first kappa shape index (κ1) is 26.1. The molecule has 0 spiro atoms. The van der Waals surface area contributed by atoms with E-state index in [9.17, 15) is 24.3 Å². The minimum absolute atomic E-state index is 0.0962. The van der Waals surface area contributed by atoms with Crippen molar-refractivity contribution in [3.05, 3.63) is 0 Å². The summed E-state index contributed by atoms with van der Waals surface area (Å²) in [4.78, 5) is 47.9. The van der Waals surface area contributed by atoms with Gasteiger partial charge in [-0.25, -0.2) is 4.79 Å². The molecule has 28 heavy (non-hydrogen) atoms. The average molecular weight is 421 g/mol. The van der Waals surface area contributed by atoms with Crippen molar-refractivity contribution in [3.8, 4) is 0 Å². The summed E-state index contributed by atoms with van der Waals surface area (Å²) in [6.45, 7) is 4.74. The first-order valence-electron chi connectivity index (χ1n) is 9.03. The number of nitrogens with two attached hydrogens (primary N) is 1. The SMILES string of the molecule is CSCCC(NC(=O)C(CC(C)C)NC(=O)CN)C(=O)NC(C(=O)O)C(C)O. The molecule has 0 aromatic rings. The number of rotatable bonds is 13. The fourth-order valence-electron chi connectivity index (χ4n) is 2.38. The van der Waals surface area contributed by atoms with Crippen LogP contribution in [0.5, 0.6) is 0 Å². The zero-order chi connectivity index (χ0) is 21.9. The number of amides is 3. The number of aliphatic hydroxyl groups is 1. The Morgan fingerprint density at radius 3 is 2.00 bits per heavy atom. The predicted molar refractivity (Wildman–Crippen MR) is 107 cm³/mol. The van der Waals surface area contributed by atoms with Gasteiger partial charge in [0, 0.05) is 0 Å². The van der Waals surface area contributed by atoms with Crippen LogP contribution in [0.4, 0.5) is 0 Å². The number of hydrogen-bond donors (Lipinski definition) is 6. The highest BCUT2D eigenvalue weighted by atomic mass is 32.2. The molecule has 0 aliphatic heterocycles. The molecule has 7 N–H and O–H groups in total. The Labute approximate surface area is 169 Å². The number of carbonyl (C=O) groups is 4. The van der Waals surface area contributed by atoms with E-state index < -0.39 is 47.9 Å². The van der Waals surface area contributed by atoms with Crippen LogP contribution in [0.25, 0.3) is 0 Å². The second-order valence-electron chi connectivity index (χ2n) is 6.86. The molecule has 0 aliphatic rings. The zero-order valence-corrected chi connectivity index (χ0v) is 17.5. The van der Waals surface area contributed by atoms with Crippen molar-refractivity contribution in [2.24, 2.45) is 11.7 Å². The highest BCUT2D eigenvalue weighted by molar-refractivity contribution is 7.98. The van der Waals surface area contributed by atoms with Crippen molar-refractivity contribution < 1.29 is 29.4 Å². The van der Waals surface area contributed by atoms with Gasteiger partial charge in [0.15, 0.2) is 6.04 Å². The fraction of sp³-hybridized carbons (Fsp3) is 0.765. The van der Waals surface area contributed by atoms with Crippen LogP contribution < -0.4 is 21.7 Å². The molecule has 162 valence electrons. The Bertz CT molecular complexity index is 544. The Morgan fingerprint density at radius 2 is 1.57 bits per heavy atom. The average Bonchev–Trinajstić information content (AvgIpc) is 2.60. The molecule has 0 bridgehead atoms. The molecule has 0 rings (SSSR count). The van der Waals surface area contributed by atoms with Gasteiger partial charge >= 0.3 is 5.97 Å². The molecule has 0 aromatic carbocycles. The summed E-state index contributed by atoms with van der Waals surface area (Å²) >= 11 is 1.46. The lowest BCUT2D eigenvalue weighted by molar-refractivity contribution is -0.145. The van der Waals surface area contributed by atoms with Gasteiger partial charge in [0.25, 0.3) is 0 Å². The van der Waals surface area contributed by atoms with E-state index in [1.54, 1.807) is 0 Å². The highest BCUT2D eigenvalue weighted by Gasteiger charge is 2.31. The number of nitrogens with one attached hydrogen (secondary N) is 3. The van der Waals surface area contributed by atoms with Gasteiger partial charge in [-0.15, -0.1) is 0 Å². The standard InChI is InChI=1S/C17H32N4O6S/c1-9(2)7-12(19-13(23)8-18)16(25)20-11(5-6-28-4)15(24)21-14(10(3)22)17(26)27/h9-12,14,22H,5-8,18H2,1-4H3,(H,19,23)(H,20,25)(H,21,24)(H,26,27). The van der Waals surface area contributed by atoms with Crippen LogP contribution in [0.3, 0.4) is 0 Å². The maximum atomic E-state index is 12.6. The molecule has 0 saturated carbocycles. The van der Waals surface area contributed by atoms with Crippen LogP contribution in [-0.2, 0) is 19.2 Å². The summed E-state index contributed by atoms with van der Waals surface area (Å²) in [5, 5.41) is 26.0. The molecule has 0 aliphatic carbocycles. The third-order valence-corrected chi connectivity index (χ3v) is 4.48. The van der Waals surface area contributed by atoms with Gasteiger partial charge in [-0.3, -0.25) is 14.4 Å². The second-order valence-corrected chi connectivity index (χ2v) is 7.85. The molecule has 4 unspecified atom stereocenters. The minimum atomic E-state index is -1.50. The molecule has 0 saturated heterocycles. The quantitative estimate of drug-likeness (QED) is 0.213. The molecule has 3 amide bonds. The summed E-state index contributed by atoms with van der Waals surface area (Å²) in [6.07, 6.45) is 1.12. The molecule has 10 nitrogen and oxygen atoms in total. The Hall–Kier alpha value is -1.85. The van der Waals surface area contributed by atoms with Crippen LogP contribution in [0.15, 0.2) is 0 Å². The van der Waals surface area contributed by atoms with E-state index >= 15 is 0 Å². The zero-order valence-electron chi connectivity index (χ0n) is 16.7. The maximum Gasteiger partial charge on any atom is 0.328 e. The van der Waals surface area contributed by atoms with E-state index in [2.05, 4.69) is 16.0 Å². The highest BCUT2D eigenvalue weighted by Crippen LogP contribution is 2.08. The number of carbonyl (C=O) groups excluding carboxylic acids is 3. The molecule has 4 atom stereocenters. The van der Waals surface area contributed by atoms with Crippen molar-refractivity contribution in [2.45, 2.75) is 57.8 Å². The normalized spacial score (nSPS) is 15.2. The molecule has 0 radical (unpaired) electrons. The summed E-state index contributed by atoms with van der Waals surface area (Å²) in [7, 11) is 0. The number of aliphatic carboxylic acids is 1. The van der Waals surface area contributed by atoms with Crippen molar-refractivity contribution in [1.29, 1.82) is 0 Å². The molecule has 0 fully saturated rings. The van der Waals surface area contributed by atoms with Gasteiger partial charge in [-0.2, -0.15) is 11.8 Å². The molecule has 11 heteroatoms. The topological polar surface area (TPSA) is 171 Å². The van der Waals surface area contributed by atoms with Gasteiger partial charge in [-0.05, 0) is 37.7 Å². The van der Waals surface area contributed by atoms with E-state index in [4.69, 9.17) is 10.8 Å². The van der Waals surface area contributed by atoms with Crippen molar-refractivity contribution >= 4 is 35.5 Å². The summed E-state index contributed by atoms with van der Waals surface area (Å²) in [5.74, 6) is -2.52. The molecular formula is C17H32N4O6S. The molecule has 0 heterocycles. The number of carboxylic acid groups (broad SMARTS) is 1. The van der Waals surface area contributed by atoms with Crippen molar-refractivity contribution in [3.63, 3.8) is 0 Å². The Kier molecular flexibility index (Phi) is 12.5. The fourth-order valence-corrected chi connectivity index (χ4v) is 2.85. The van der Waals surface area contributed by atoms with Crippen molar-refractivity contribution in [1.82, 2.24) is 16.0 Å². The number of aliphatic hydroxyl groups excluding tert-OH is 1. The lowest BCUT2D eigenvalue weighted by Crippen LogP contribution is -2.58. The number of thioether (sulfide) groups is 1. The first-order valence-corrected chi connectivity index (χ1v) is 10.4. The summed E-state index contributed by atoms with van der Waals surface area (Å²) in [5.41, 5.74) is 5.29. The molecular weight excluding hydrogens is 388 g/mol. The van der Waals surface area contributed by atoms with E-state index in [1.807, 2.05) is 20.1 Å². The second kappa shape index (κ2) is 13.3. The third-order valence-electron chi connectivity index (χ3n) is 3.83. The lowest BCUT2D eigenvalue weighted by Gasteiger charge is -2.25. The van der Waals surface area contributed by atoms with Gasteiger partial charge < -0.3 is 31.9 Å². The van der Waals surface area contributed by atoms with Crippen molar-refractivity contribution in [2.75, 3.05) is 18.6 Å². The van der Waals surface area contributed by atoms with E-state index in [0.717, 1.165) is 0 Å². The first-order chi connectivity index (χ1) is 13.0. The Balaban J connectivity index is 5.29. The van der Waals surface area contributed by atoms with Crippen LogP contribution in [0.2, 0.25) is 0 Å². The van der Waals surface area contributed by atoms with Gasteiger partial charge in [0.1, 0.15) is 12.1 Å². The molecule has 0 aromatic heterocycles. The van der Waals surface area contributed by atoms with Gasteiger partial charge in [-0.1, -0.05) is 13.8 Å². The summed E-state index contributed by atoms with van der Waals surface area (Å²) < 4.78 is 0. The Morgan fingerprint density at radius 1 is 1.00 bits per heavy atom. The van der Waals surface area contributed by atoms with Crippen LogP contribution >= 0.6 is 11.8 Å². The summed E-state index contributed by atoms with van der Waals surface area (Å²) in [6, 6.07) is -3.37. The van der Waals surface area contributed by atoms with E-state index in [0.29, 0.717) is 12.2 Å². The third kappa shape index (κ3) is 9.90. The van der Waals surface area contributed by atoms with Gasteiger partial charge in [0.2, 0.25) is 17.7 Å². The predicted octanol–water partition coefficient (Wildman–Crippen LogP) is -1.34. The maximum absolute atomic E-state index is 12.6. The van der Waals surface area contributed by atoms with E-state index in [1.165, 1.54) is 18.7 Å². The number of hydrogen-bond acceptors (Lipinski definition) is 7. The number of carboxylic acids is 1. The van der Waals surface area contributed by atoms with Gasteiger partial charge in [0.05, 0.1) is 12.6 Å². The van der Waals surface area contributed by atoms with E-state index in [-0.39, 0.29) is 18.9 Å². The van der Waals surface area contributed by atoms with Crippen LogP contribution in [0, 0.1) is 5.92 Å². The minimum Gasteiger partial charge on any atom is -0.480 e. The monoisotopic (exact) mass is 420 g/mol. The largest absolute Gasteiger partial charge is 0.480 e. The lowest BCUT2D eigenvalue weighted by atomic mass is 10.0. The van der Waals surface area contributed by atoms with Crippen LogP contribution in [0.1, 0.15) is 33.6 Å².